The van der Waals surface area contributed by atoms with Crippen molar-refractivity contribution in [2.45, 2.75) is 0 Å². The van der Waals surface area contributed by atoms with E-state index >= 15 is 4.57 Å². The second-order valence-corrected chi connectivity index (χ2v) is 15.0. The molecular weight excluding hydrogens is 599 g/mol. The van der Waals surface area contributed by atoms with Gasteiger partial charge in [-0.15, -0.1) is 0 Å². The third-order valence-electron chi connectivity index (χ3n) is 9.69. The highest BCUT2D eigenvalue weighted by molar-refractivity contribution is 7.88. The molecule has 2 heteroatoms. The molecule has 0 aliphatic carbocycles. The predicted octanol–water partition coefficient (Wildman–Crippen LogP) is 11.6. The minimum absolute atomic E-state index is 0.857. The molecule has 0 N–H and O–H groups in total. The van der Waals surface area contributed by atoms with E-state index in [-0.39, 0.29) is 0 Å². The molecule has 1 atom stereocenters. The molecule has 9 rings (SSSR count). The van der Waals surface area contributed by atoms with Gasteiger partial charge in [-0.25, -0.2) is 0 Å². The van der Waals surface area contributed by atoms with Crippen LogP contribution in [0.25, 0.3) is 54.7 Å². The Hall–Kier alpha value is -5.75. The lowest BCUT2D eigenvalue weighted by Gasteiger charge is -2.20. The standard InChI is InChI=1S/C46H31OP/c47-48(36-20-8-3-9-21-36)42-27-15-14-26-41(42)45(33-18-6-2-7-19-33)46(48)35-30-28-34(29-31-35)44-39-24-12-10-22-37(39)43(32-16-4-1-5-17-32)38-23-11-13-25-40(38)44/h1-31H. The fraction of sp³-hybridized carbons (Fsp3) is 0. The Morgan fingerprint density at radius 1 is 0.333 bits per heavy atom. The summed E-state index contributed by atoms with van der Waals surface area (Å²) in [6.45, 7) is 0. The molecule has 0 saturated carbocycles. The Labute approximate surface area is 280 Å². The van der Waals surface area contributed by atoms with Gasteiger partial charge in [0.2, 0.25) is 0 Å². The van der Waals surface area contributed by atoms with Crippen molar-refractivity contribution in [1.82, 2.24) is 0 Å². The third kappa shape index (κ3) is 4.36. The molecule has 1 nitrogen and oxygen atoms in total. The summed E-state index contributed by atoms with van der Waals surface area (Å²) in [5, 5.41) is 7.57. The lowest BCUT2D eigenvalue weighted by molar-refractivity contribution is 0.593. The molecule has 0 spiro atoms. The van der Waals surface area contributed by atoms with Crippen LogP contribution in [0, 0.1) is 0 Å². The molecule has 8 aromatic carbocycles. The van der Waals surface area contributed by atoms with E-state index in [0.717, 1.165) is 43.8 Å². The molecule has 0 amide bonds. The molecule has 226 valence electrons. The van der Waals surface area contributed by atoms with Gasteiger partial charge in [-0.3, -0.25) is 0 Å². The fourth-order valence-corrected chi connectivity index (χ4v) is 10.9. The van der Waals surface area contributed by atoms with E-state index in [4.69, 9.17) is 0 Å². The average Bonchev–Trinajstić information content (AvgIpc) is 3.44. The summed E-state index contributed by atoms with van der Waals surface area (Å²) in [6, 6.07) is 65.7. The maximum Gasteiger partial charge on any atom is 0.172 e. The van der Waals surface area contributed by atoms with Crippen LogP contribution in [-0.2, 0) is 4.57 Å². The maximum atomic E-state index is 15.8. The van der Waals surface area contributed by atoms with E-state index in [1.165, 1.54) is 38.2 Å². The molecular formula is C46H31OP. The predicted molar refractivity (Wildman–Crippen MR) is 204 cm³/mol. The van der Waals surface area contributed by atoms with Crippen LogP contribution >= 0.6 is 7.14 Å². The zero-order chi connectivity index (χ0) is 32.1. The Morgan fingerprint density at radius 3 is 1.27 bits per heavy atom. The number of benzene rings is 8. The lowest BCUT2D eigenvalue weighted by atomic mass is 9.86. The van der Waals surface area contributed by atoms with E-state index in [1.807, 2.05) is 42.5 Å². The van der Waals surface area contributed by atoms with Crippen molar-refractivity contribution in [2.75, 3.05) is 0 Å². The van der Waals surface area contributed by atoms with Crippen LogP contribution in [0.15, 0.2) is 188 Å². The molecule has 0 radical (unpaired) electrons. The summed E-state index contributed by atoms with van der Waals surface area (Å²) in [6.07, 6.45) is 0. The van der Waals surface area contributed by atoms with Crippen LogP contribution < -0.4 is 10.6 Å². The van der Waals surface area contributed by atoms with Gasteiger partial charge in [-0.1, -0.05) is 188 Å². The van der Waals surface area contributed by atoms with Crippen molar-refractivity contribution >= 4 is 50.2 Å². The molecule has 8 aromatic rings. The van der Waals surface area contributed by atoms with Crippen LogP contribution in [0.1, 0.15) is 16.7 Å². The van der Waals surface area contributed by atoms with Gasteiger partial charge in [0.15, 0.2) is 7.14 Å². The summed E-state index contributed by atoms with van der Waals surface area (Å²) in [7, 11) is -3.19. The highest BCUT2D eigenvalue weighted by Gasteiger charge is 2.43. The Morgan fingerprint density at radius 2 is 0.729 bits per heavy atom. The van der Waals surface area contributed by atoms with Gasteiger partial charge < -0.3 is 4.57 Å². The molecule has 0 aromatic heterocycles. The fourth-order valence-electron chi connectivity index (χ4n) is 7.64. The second-order valence-electron chi connectivity index (χ2n) is 12.3. The molecule has 0 saturated heterocycles. The Kier molecular flexibility index (Phi) is 6.82. The van der Waals surface area contributed by atoms with Crippen LogP contribution in [0.5, 0.6) is 0 Å². The van der Waals surface area contributed by atoms with Crippen LogP contribution in [0.4, 0.5) is 0 Å². The number of rotatable bonds is 5. The van der Waals surface area contributed by atoms with E-state index in [1.54, 1.807) is 0 Å². The van der Waals surface area contributed by atoms with E-state index in [2.05, 4.69) is 146 Å². The topological polar surface area (TPSA) is 17.1 Å². The molecule has 0 fully saturated rings. The van der Waals surface area contributed by atoms with Gasteiger partial charge in [0, 0.05) is 21.5 Å². The summed E-state index contributed by atoms with van der Waals surface area (Å²) in [5.41, 5.74) is 8.97. The first-order valence-electron chi connectivity index (χ1n) is 16.4. The second kappa shape index (κ2) is 11.5. The van der Waals surface area contributed by atoms with Crippen molar-refractivity contribution < 1.29 is 4.57 Å². The van der Waals surface area contributed by atoms with Gasteiger partial charge >= 0.3 is 0 Å². The summed E-state index contributed by atoms with van der Waals surface area (Å²) in [5.74, 6) is 0. The first-order chi connectivity index (χ1) is 23.7. The Balaban J connectivity index is 1.29. The normalized spacial score (nSPS) is 15.6. The van der Waals surface area contributed by atoms with Crippen LogP contribution in [-0.4, -0.2) is 0 Å². The number of fused-ring (bicyclic) bond motifs is 3. The minimum Gasteiger partial charge on any atom is -0.309 e. The number of hydrogen-bond acceptors (Lipinski definition) is 1. The molecule has 1 aliphatic heterocycles. The van der Waals surface area contributed by atoms with Crippen molar-refractivity contribution in [3.8, 4) is 22.3 Å². The largest absolute Gasteiger partial charge is 0.309 e. The highest BCUT2D eigenvalue weighted by Crippen LogP contribution is 2.65. The van der Waals surface area contributed by atoms with E-state index in [0.29, 0.717) is 0 Å². The summed E-state index contributed by atoms with van der Waals surface area (Å²) < 4.78 is 15.8. The van der Waals surface area contributed by atoms with E-state index in [9.17, 15) is 0 Å². The SMILES string of the molecule is O=P1(c2ccccc2)C(c2ccc(-c3c4ccccc4c(-c4ccccc4)c4ccccc34)cc2)=C(c2ccccc2)c2ccccc21. The third-order valence-corrected chi connectivity index (χ3v) is 12.9. The van der Waals surface area contributed by atoms with Gasteiger partial charge in [-0.05, 0) is 60.5 Å². The zero-order valence-corrected chi connectivity index (χ0v) is 27.1. The Bertz CT molecular complexity index is 2490. The monoisotopic (exact) mass is 630 g/mol. The zero-order valence-electron chi connectivity index (χ0n) is 26.3. The summed E-state index contributed by atoms with van der Waals surface area (Å²) >= 11 is 0. The van der Waals surface area contributed by atoms with Crippen molar-refractivity contribution in [3.05, 3.63) is 205 Å². The molecule has 1 aliphatic rings. The van der Waals surface area contributed by atoms with Gasteiger partial charge in [-0.2, -0.15) is 0 Å². The first kappa shape index (κ1) is 28.5. The van der Waals surface area contributed by atoms with Crippen molar-refractivity contribution in [3.63, 3.8) is 0 Å². The van der Waals surface area contributed by atoms with Gasteiger partial charge in [0.1, 0.15) is 0 Å². The molecule has 1 heterocycles. The van der Waals surface area contributed by atoms with E-state index < -0.39 is 7.14 Å². The minimum atomic E-state index is -3.19. The number of hydrogen-bond donors (Lipinski definition) is 0. The first-order valence-corrected chi connectivity index (χ1v) is 18.1. The highest BCUT2D eigenvalue weighted by atomic mass is 31.2. The quantitative estimate of drug-likeness (QED) is 0.137. The van der Waals surface area contributed by atoms with Crippen molar-refractivity contribution in [2.24, 2.45) is 0 Å². The van der Waals surface area contributed by atoms with Gasteiger partial charge in [0.25, 0.3) is 0 Å². The van der Waals surface area contributed by atoms with Crippen LogP contribution in [0.2, 0.25) is 0 Å². The summed E-state index contributed by atoms with van der Waals surface area (Å²) in [4.78, 5) is 0. The van der Waals surface area contributed by atoms with Crippen LogP contribution in [0.3, 0.4) is 0 Å². The van der Waals surface area contributed by atoms with Gasteiger partial charge in [0.05, 0.1) is 0 Å². The van der Waals surface area contributed by atoms with Crippen molar-refractivity contribution in [1.29, 1.82) is 0 Å². The average molecular weight is 631 g/mol. The molecule has 0 bridgehead atoms. The maximum absolute atomic E-state index is 15.8. The molecule has 1 unspecified atom stereocenters. The smallest absolute Gasteiger partial charge is 0.172 e. The molecule has 48 heavy (non-hydrogen) atoms. The lowest BCUT2D eigenvalue weighted by Crippen LogP contribution is -2.15.